The van der Waals surface area contributed by atoms with Crippen LogP contribution in [-0.4, -0.2) is 5.91 Å². The fourth-order valence-corrected chi connectivity index (χ4v) is 2.11. The molecular formula is C15H11FINO. The van der Waals surface area contributed by atoms with E-state index in [1.165, 1.54) is 18.2 Å². The van der Waals surface area contributed by atoms with E-state index in [2.05, 4.69) is 5.32 Å². The van der Waals surface area contributed by atoms with Gasteiger partial charge in [0.2, 0.25) is 5.91 Å². The molecule has 0 heterocycles. The predicted octanol–water partition coefficient (Wildman–Crippen LogP) is 4.08. The minimum atomic E-state index is -0.317. The third-order valence-electron chi connectivity index (χ3n) is 2.42. The highest BCUT2D eigenvalue weighted by atomic mass is 127. The van der Waals surface area contributed by atoms with Crippen LogP contribution in [0.2, 0.25) is 0 Å². The molecule has 0 unspecified atom stereocenters. The third-order valence-corrected chi connectivity index (χ3v) is 3.31. The van der Waals surface area contributed by atoms with Crippen molar-refractivity contribution in [2.45, 2.75) is 0 Å². The molecule has 0 aliphatic rings. The lowest BCUT2D eigenvalue weighted by molar-refractivity contribution is -0.111. The van der Waals surface area contributed by atoms with E-state index >= 15 is 0 Å². The quantitative estimate of drug-likeness (QED) is 0.643. The Hall–Kier alpha value is -1.69. The van der Waals surface area contributed by atoms with Crippen molar-refractivity contribution in [1.82, 2.24) is 0 Å². The summed E-state index contributed by atoms with van der Waals surface area (Å²) in [7, 11) is 0. The van der Waals surface area contributed by atoms with E-state index in [-0.39, 0.29) is 11.7 Å². The van der Waals surface area contributed by atoms with Crippen LogP contribution in [0.15, 0.2) is 54.6 Å². The number of carbonyl (C=O) groups is 1. The van der Waals surface area contributed by atoms with Gasteiger partial charge in [0, 0.05) is 9.65 Å². The molecule has 0 radical (unpaired) electrons. The topological polar surface area (TPSA) is 29.1 Å². The van der Waals surface area contributed by atoms with Gasteiger partial charge in [-0.25, -0.2) is 4.39 Å². The van der Waals surface area contributed by atoms with Crippen LogP contribution in [0.3, 0.4) is 0 Å². The van der Waals surface area contributed by atoms with Gasteiger partial charge in [-0.2, -0.15) is 0 Å². The van der Waals surface area contributed by atoms with E-state index < -0.39 is 0 Å². The molecule has 0 atom stereocenters. The van der Waals surface area contributed by atoms with Crippen molar-refractivity contribution in [1.29, 1.82) is 0 Å². The summed E-state index contributed by atoms with van der Waals surface area (Å²) in [5.41, 5.74) is 1.55. The number of nitrogens with one attached hydrogen (secondary N) is 1. The summed E-state index contributed by atoms with van der Waals surface area (Å²) in [6.45, 7) is 0. The van der Waals surface area contributed by atoms with Crippen LogP contribution in [-0.2, 0) is 4.79 Å². The number of carbonyl (C=O) groups excluding carboxylic acids is 1. The molecule has 0 fully saturated rings. The molecule has 0 aromatic heterocycles. The maximum atomic E-state index is 12.9. The first-order chi connectivity index (χ1) is 9.15. The van der Waals surface area contributed by atoms with Crippen LogP contribution in [0, 0.1) is 9.39 Å². The molecule has 2 rings (SSSR count). The van der Waals surface area contributed by atoms with Crippen LogP contribution in [0.1, 0.15) is 5.56 Å². The fraction of sp³-hybridized carbons (Fsp3) is 0. The van der Waals surface area contributed by atoms with Gasteiger partial charge in [0.1, 0.15) is 5.82 Å². The van der Waals surface area contributed by atoms with E-state index in [4.69, 9.17) is 0 Å². The van der Waals surface area contributed by atoms with Gasteiger partial charge >= 0.3 is 0 Å². The van der Waals surface area contributed by atoms with Crippen molar-refractivity contribution in [2.24, 2.45) is 0 Å². The third kappa shape index (κ3) is 4.17. The molecule has 1 N–H and O–H groups in total. The lowest BCUT2D eigenvalue weighted by Gasteiger charge is -2.04. The second-order valence-electron chi connectivity index (χ2n) is 3.86. The summed E-state index contributed by atoms with van der Waals surface area (Å²) in [5, 5.41) is 2.71. The molecule has 1 amide bonds. The fourth-order valence-electron chi connectivity index (χ4n) is 1.50. The van der Waals surface area contributed by atoms with Crippen LogP contribution >= 0.6 is 22.6 Å². The Morgan fingerprint density at radius 1 is 1.16 bits per heavy atom. The van der Waals surface area contributed by atoms with Crippen LogP contribution in [0.4, 0.5) is 10.1 Å². The van der Waals surface area contributed by atoms with E-state index in [1.54, 1.807) is 12.1 Å². The van der Waals surface area contributed by atoms with Crippen LogP contribution in [0.5, 0.6) is 0 Å². The number of hydrogen-bond acceptors (Lipinski definition) is 1. The predicted molar refractivity (Wildman–Crippen MR) is 83.2 cm³/mol. The van der Waals surface area contributed by atoms with Gasteiger partial charge in [0.15, 0.2) is 0 Å². The molecule has 19 heavy (non-hydrogen) atoms. The van der Waals surface area contributed by atoms with Crippen molar-refractivity contribution in [3.63, 3.8) is 0 Å². The normalized spacial score (nSPS) is 10.6. The first-order valence-electron chi connectivity index (χ1n) is 5.64. The van der Waals surface area contributed by atoms with Gasteiger partial charge in [-0.05, 0) is 52.4 Å². The number of rotatable bonds is 3. The van der Waals surface area contributed by atoms with Crippen LogP contribution < -0.4 is 5.32 Å². The Kier molecular flexibility index (Phi) is 4.68. The molecule has 2 aromatic carbocycles. The van der Waals surface area contributed by atoms with Crippen molar-refractivity contribution in [2.75, 3.05) is 5.32 Å². The number of hydrogen-bond donors (Lipinski definition) is 1. The standard InChI is InChI=1S/C15H11FINO/c16-12-7-8-14(13(17)10-12)18-15(19)9-6-11-4-2-1-3-5-11/h1-10H,(H,18,19). The monoisotopic (exact) mass is 367 g/mol. The van der Waals surface area contributed by atoms with Crippen molar-refractivity contribution in [3.8, 4) is 0 Å². The van der Waals surface area contributed by atoms with Gasteiger partial charge < -0.3 is 5.32 Å². The second kappa shape index (κ2) is 6.47. The van der Waals surface area contributed by atoms with E-state index in [0.717, 1.165) is 5.56 Å². The minimum absolute atomic E-state index is 0.242. The Balaban J connectivity index is 2.04. The summed E-state index contributed by atoms with van der Waals surface area (Å²) in [6.07, 6.45) is 3.18. The zero-order valence-corrected chi connectivity index (χ0v) is 12.1. The molecular weight excluding hydrogens is 356 g/mol. The Labute approximate surface area is 124 Å². The summed E-state index contributed by atoms with van der Waals surface area (Å²) < 4.78 is 13.6. The Morgan fingerprint density at radius 3 is 2.58 bits per heavy atom. The summed E-state index contributed by atoms with van der Waals surface area (Å²) in [4.78, 5) is 11.7. The lowest BCUT2D eigenvalue weighted by Crippen LogP contribution is -2.09. The average Bonchev–Trinajstić information content (AvgIpc) is 2.41. The lowest BCUT2D eigenvalue weighted by atomic mass is 10.2. The molecule has 0 bridgehead atoms. The molecule has 0 spiro atoms. The van der Waals surface area contributed by atoms with Crippen molar-refractivity contribution >= 4 is 40.3 Å². The van der Waals surface area contributed by atoms with E-state index in [1.807, 2.05) is 52.9 Å². The molecule has 2 aromatic rings. The highest BCUT2D eigenvalue weighted by molar-refractivity contribution is 14.1. The summed E-state index contributed by atoms with van der Waals surface area (Å²) in [6, 6.07) is 13.8. The van der Waals surface area contributed by atoms with E-state index in [9.17, 15) is 9.18 Å². The maximum Gasteiger partial charge on any atom is 0.248 e. The largest absolute Gasteiger partial charge is 0.322 e. The zero-order chi connectivity index (χ0) is 13.7. The SMILES string of the molecule is O=C(C=Cc1ccccc1)Nc1ccc(F)cc1I. The number of halogens is 2. The molecule has 96 valence electrons. The van der Waals surface area contributed by atoms with Crippen molar-refractivity contribution in [3.05, 3.63) is 69.6 Å². The molecule has 0 saturated heterocycles. The van der Waals surface area contributed by atoms with E-state index in [0.29, 0.717) is 9.26 Å². The Bertz CT molecular complexity index is 611. The van der Waals surface area contributed by atoms with Crippen molar-refractivity contribution < 1.29 is 9.18 Å². The van der Waals surface area contributed by atoms with Gasteiger partial charge in [-0.15, -0.1) is 0 Å². The number of anilines is 1. The zero-order valence-electron chi connectivity index (χ0n) is 9.94. The van der Waals surface area contributed by atoms with Gasteiger partial charge in [0.25, 0.3) is 0 Å². The highest BCUT2D eigenvalue weighted by Gasteiger charge is 2.03. The smallest absolute Gasteiger partial charge is 0.248 e. The first-order valence-corrected chi connectivity index (χ1v) is 6.72. The Morgan fingerprint density at radius 2 is 1.89 bits per heavy atom. The summed E-state index contributed by atoms with van der Waals surface area (Å²) in [5.74, 6) is -0.560. The number of amides is 1. The number of benzene rings is 2. The molecule has 0 aliphatic carbocycles. The maximum absolute atomic E-state index is 12.9. The molecule has 0 aliphatic heterocycles. The molecule has 0 saturated carbocycles. The van der Waals surface area contributed by atoms with Gasteiger partial charge in [0.05, 0.1) is 5.69 Å². The first kappa shape index (κ1) is 13.7. The minimum Gasteiger partial charge on any atom is -0.322 e. The average molecular weight is 367 g/mol. The second-order valence-corrected chi connectivity index (χ2v) is 5.02. The van der Waals surface area contributed by atoms with Crippen LogP contribution in [0.25, 0.3) is 6.08 Å². The molecule has 4 heteroatoms. The summed E-state index contributed by atoms with van der Waals surface area (Å²) >= 11 is 1.98. The van der Waals surface area contributed by atoms with Gasteiger partial charge in [-0.3, -0.25) is 4.79 Å². The molecule has 2 nitrogen and oxygen atoms in total. The highest BCUT2D eigenvalue weighted by Crippen LogP contribution is 2.19. The van der Waals surface area contributed by atoms with Gasteiger partial charge in [-0.1, -0.05) is 30.3 Å².